The number of halogens is 1. The van der Waals surface area contributed by atoms with Crippen molar-refractivity contribution in [3.8, 4) is 0 Å². The molecule has 0 atom stereocenters. The third-order valence-electron chi connectivity index (χ3n) is 7.09. The molecule has 0 radical (unpaired) electrons. The molecule has 2 fully saturated rings. The first-order valence-electron chi connectivity index (χ1n) is 12.8. The van der Waals surface area contributed by atoms with Crippen molar-refractivity contribution in [2.75, 3.05) is 31.1 Å². The summed E-state index contributed by atoms with van der Waals surface area (Å²) in [5.41, 5.74) is 3.27. The van der Waals surface area contributed by atoms with Gasteiger partial charge in [-0.15, -0.1) is 0 Å². The third-order valence-corrected chi connectivity index (χ3v) is 7.09. The van der Waals surface area contributed by atoms with Crippen LogP contribution in [0.5, 0.6) is 0 Å². The number of likely N-dealkylation sites (tertiary alicyclic amines) is 1. The Morgan fingerprint density at radius 2 is 1.81 bits per heavy atom. The summed E-state index contributed by atoms with van der Waals surface area (Å²) in [6.07, 6.45) is 6.44. The van der Waals surface area contributed by atoms with Crippen molar-refractivity contribution in [3.05, 3.63) is 87.5 Å². The smallest absolute Gasteiger partial charge is 0.287 e. The first-order valence-corrected chi connectivity index (χ1v) is 12.8. The lowest BCUT2D eigenvalue weighted by Crippen LogP contribution is -2.36. The Bertz CT molecular complexity index is 1400. The summed E-state index contributed by atoms with van der Waals surface area (Å²) in [6.45, 7) is 3.50. The van der Waals surface area contributed by atoms with E-state index in [0.29, 0.717) is 19.5 Å². The molecule has 192 valence electrons. The summed E-state index contributed by atoms with van der Waals surface area (Å²) >= 11 is 0. The normalized spacial score (nSPS) is 16.2. The van der Waals surface area contributed by atoms with Crippen LogP contribution in [0, 0.1) is 5.82 Å². The van der Waals surface area contributed by atoms with Gasteiger partial charge in [-0.25, -0.2) is 4.39 Å². The van der Waals surface area contributed by atoms with Gasteiger partial charge in [-0.3, -0.25) is 14.4 Å². The van der Waals surface area contributed by atoms with Gasteiger partial charge in [0.25, 0.3) is 5.91 Å². The minimum Gasteiger partial charge on any atom is -0.451 e. The zero-order valence-corrected chi connectivity index (χ0v) is 20.7. The molecule has 37 heavy (non-hydrogen) atoms. The fourth-order valence-electron chi connectivity index (χ4n) is 5.04. The predicted molar refractivity (Wildman–Crippen MR) is 140 cm³/mol. The van der Waals surface area contributed by atoms with Crippen molar-refractivity contribution in [2.24, 2.45) is 0 Å². The molecule has 5 rings (SSSR count). The van der Waals surface area contributed by atoms with Crippen LogP contribution in [0.1, 0.15) is 48.2 Å². The van der Waals surface area contributed by atoms with Crippen LogP contribution >= 0.6 is 0 Å². The topological polar surface area (TPSA) is 82.9 Å². The van der Waals surface area contributed by atoms with Crippen LogP contribution in [0.3, 0.4) is 0 Å². The fraction of sp³-hybridized carbons (Fsp3) is 0.345. The number of amides is 2. The van der Waals surface area contributed by atoms with Gasteiger partial charge in [0, 0.05) is 57.0 Å². The van der Waals surface area contributed by atoms with Crippen molar-refractivity contribution in [1.82, 2.24) is 10.2 Å². The van der Waals surface area contributed by atoms with Gasteiger partial charge in [0.15, 0.2) is 11.2 Å². The summed E-state index contributed by atoms with van der Waals surface area (Å²) in [4.78, 5) is 41.4. The van der Waals surface area contributed by atoms with Crippen molar-refractivity contribution in [1.29, 1.82) is 0 Å². The van der Waals surface area contributed by atoms with Gasteiger partial charge >= 0.3 is 0 Å². The van der Waals surface area contributed by atoms with Gasteiger partial charge in [-0.2, -0.15) is 0 Å². The molecule has 0 bridgehead atoms. The average molecular weight is 504 g/mol. The van der Waals surface area contributed by atoms with E-state index >= 15 is 0 Å². The van der Waals surface area contributed by atoms with E-state index in [0.717, 1.165) is 57.5 Å². The second kappa shape index (κ2) is 11.0. The van der Waals surface area contributed by atoms with Crippen molar-refractivity contribution in [2.45, 2.75) is 38.6 Å². The Hall–Kier alpha value is -3.94. The Balaban J connectivity index is 1.17. The molecule has 2 aliphatic rings. The van der Waals surface area contributed by atoms with Gasteiger partial charge in [-0.05, 0) is 49.4 Å². The lowest BCUT2D eigenvalue weighted by atomic mass is 10.0. The largest absolute Gasteiger partial charge is 0.451 e. The number of hydrogen-bond acceptors (Lipinski definition) is 5. The monoisotopic (exact) mass is 503 g/mol. The van der Waals surface area contributed by atoms with E-state index in [2.05, 4.69) is 22.3 Å². The fourth-order valence-corrected chi connectivity index (χ4v) is 5.04. The molecule has 0 aliphatic carbocycles. The molecule has 3 heterocycles. The maximum atomic E-state index is 13.5. The van der Waals surface area contributed by atoms with Crippen LogP contribution in [0.25, 0.3) is 11.0 Å². The molecule has 2 amide bonds. The van der Waals surface area contributed by atoms with Gasteiger partial charge in [0.2, 0.25) is 5.91 Å². The van der Waals surface area contributed by atoms with E-state index in [9.17, 15) is 18.8 Å². The number of benzene rings is 2. The molecule has 8 heteroatoms. The highest BCUT2D eigenvalue weighted by Gasteiger charge is 2.22. The molecular weight excluding hydrogens is 473 g/mol. The number of carbonyl (C=O) groups excluding carboxylic acids is 2. The van der Waals surface area contributed by atoms with E-state index in [1.165, 1.54) is 29.0 Å². The van der Waals surface area contributed by atoms with Crippen LogP contribution in [-0.4, -0.2) is 42.9 Å². The van der Waals surface area contributed by atoms with Gasteiger partial charge in [0.05, 0.1) is 5.39 Å². The number of rotatable bonds is 6. The van der Waals surface area contributed by atoms with Crippen molar-refractivity contribution < 1.29 is 18.4 Å². The number of anilines is 1. The van der Waals surface area contributed by atoms with Crippen LogP contribution < -0.4 is 15.6 Å². The minimum absolute atomic E-state index is 0.0494. The quantitative estimate of drug-likeness (QED) is 0.504. The second-order valence-electron chi connectivity index (χ2n) is 9.58. The van der Waals surface area contributed by atoms with E-state index in [-0.39, 0.29) is 28.1 Å². The maximum absolute atomic E-state index is 13.5. The summed E-state index contributed by atoms with van der Waals surface area (Å²) in [6, 6.07) is 13.1. The second-order valence-corrected chi connectivity index (χ2v) is 9.58. The van der Waals surface area contributed by atoms with Crippen LogP contribution in [0.4, 0.5) is 10.1 Å². The summed E-state index contributed by atoms with van der Waals surface area (Å²) < 4.78 is 19.0. The van der Waals surface area contributed by atoms with Gasteiger partial charge in [0.1, 0.15) is 11.4 Å². The summed E-state index contributed by atoms with van der Waals surface area (Å²) in [5, 5.41) is 2.99. The SMILES string of the molecule is O=C(NCC=C1CCN(c2ccccc2CN2CCCCC2=O)CC1)c1cc(=O)c2ccc(F)cc2o1. The molecule has 0 saturated carbocycles. The Labute approximate surface area is 214 Å². The molecule has 1 aromatic heterocycles. The van der Waals surface area contributed by atoms with Crippen molar-refractivity contribution in [3.63, 3.8) is 0 Å². The summed E-state index contributed by atoms with van der Waals surface area (Å²) in [5.74, 6) is -0.951. The molecular formula is C29H30FN3O4. The number of hydrogen-bond donors (Lipinski definition) is 1. The predicted octanol–water partition coefficient (Wildman–Crippen LogP) is 4.40. The Kier molecular flexibility index (Phi) is 7.35. The van der Waals surface area contributed by atoms with Gasteiger partial charge < -0.3 is 19.5 Å². The number of fused-ring (bicyclic) bond motifs is 1. The van der Waals surface area contributed by atoms with Crippen molar-refractivity contribution >= 4 is 28.5 Å². The molecule has 2 aromatic carbocycles. The minimum atomic E-state index is -0.535. The first kappa shape index (κ1) is 24.7. The molecule has 2 aliphatic heterocycles. The molecule has 0 unspecified atom stereocenters. The van der Waals surface area contributed by atoms with Crippen LogP contribution in [-0.2, 0) is 11.3 Å². The molecule has 3 aromatic rings. The number of nitrogens with zero attached hydrogens (tertiary/aromatic N) is 2. The average Bonchev–Trinajstić information content (AvgIpc) is 2.90. The first-order chi connectivity index (χ1) is 18.0. The van der Waals surface area contributed by atoms with Crippen LogP contribution in [0.15, 0.2) is 69.4 Å². The standard InChI is InChI=1S/C29H30FN3O4/c30-22-8-9-23-25(34)18-27(37-26(23)17-22)29(36)31-13-10-20-11-15-32(16-12-20)24-6-2-1-5-21(24)19-33-14-4-3-7-28(33)35/h1-2,5-6,8-10,17-18H,3-4,7,11-16,19H2,(H,31,36). The van der Waals surface area contributed by atoms with E-state index in [1.807, 2.05) is 23.1 Å². The molecule has 7 nitrogen and oxygen atoms in total. The zero-order valence-electron chi connectivity index (χ0n) is 20.7. The van der Waals surface area contributed by atoms with E-state index in [4.69, 9.17) is 4.42 Å². The number of para-hydroxylation sites is 1. The van der Waals surface area contributed by atoms with E-state index in [1.54, 1.807) is 0 Å². The Morgan fingerprint density at radius 1 is 1.00 bits per heavy atom. The summed E-state index contributed by atoms with van der Waals surface area (Å²) in [7, 11) is 0. The van der Waals surface area contributed by atoms with Gasteiger partial charge in [-0.1, -0.05) is 29.8 Å². The maximum Gasteiger partial charge on any atom is 0.287 e. The lowest BCUT2D eigenvalue weighted by molar-refractivity contribution is -0.133. The Morgan fingerprint density at radius 3 is 2.62 bits per heavy atom. The highest BCUT2D eigenvalue weighted by molar-refractivity contribution is 5.93. The molecule has 1 N–H and O–H groups in total. The van der Waals surface area contributed by atoms with Crippen LogP contribution in [0.2, 0.25) is 0 Å². The highest BCUT2D eigenvalue weighted by atomic mass is 19.1. The number of carbonyl (C=O) groups is 2. The third kappa shape index (κ3) is 5.74. The highest BCUT2D eigenvalue weighted by Crippen LogP contribution is 2.28. The van der Waals surface area contributed by atoms with E-state index < -0.39 is 11.7 Å². The molecule has 2 saturated heterocycles. The molecule has 0 spiro atoms. The zero-order chi connectivity index (χ0) is 25.8. The number of nitrogens with one attached hydrogen (secondary N) is 1. The lowest BCUT2D eigenvalue weighted by Gasteiger charge is -2.34. The number of piperidine rings is 2.